The van der Waals surface area contributed by atoms with Crippen LogP contribution in [0.2, 0.25) is 0 Å². The molecule has 0 fully saturated rings. The van der Waals surface area contributed by atoms with E-state index >= 15 is 0 Å². The van der Waals surface area contributed by atoms with Crippen molar-refractivity contribution in [3.05, 3.63) is 0 Å². The molecule has 0 aliphatic rings. The van der Waals surface area contributed by atoms with Crippen LogP contribution in [0, 0.1) is 10.8 Å². The topological polar surface area (TPSA) is 59.6 Å². The Morgan fingerprint density at radius 1 is 0.444 bits per heavy atom. The molecule has 0 aromatic rings. The van der Waals surface area contributed by atoms with Crippen LogP contribution in [-0.2, 0) is 9.47 Å². The molecule has 0 unspecified atom stereocenters. The maximum absolute atomic E-state index is 13.1. The predicted octanol–water partition coefficient (Wildman–Crippen LogP) is 8.64. The minimum Gasteiger partial charge on any atom is -0.370 e. The van der Waals surface area contributed by atoms with Crippen molar-refractivity contribution in [3.63, 3.8) is 0 Å². The molecule has 0 bridgehead atoms. The fourth-order valence-corrected chi connectivity index (χ4v) is 7.06. The zero-order chi connectivity index (χ0) is 29.2. The molecule has 0 rings (SSSR count). The number of rotatable bonds is 12. The van der Waals surface area contributed by atoms with Gasteiger partial charge in [-0.15, -0.1) is 0 Å². The van der Waals surface area contributed by atoms with E-state index in [0.29, 0.717) is 12.8 Å². The second-order valence-electron chi connectivity index (χ2n) is 17.4. The zero-order valence-electron chi connectivity index (χ0n) is 27.6. The van der Waals surface area contributed by atoms with Gasteiger partial charge in [-0.25, -0.2) is 4.79 Å². The first kappa shape index (κ1) is 35.2. The van der Waals surface area contributed by atoms with Crippen molar-refractivity contribution in [2.24, 2.45) is 10.8 Å². The molecular weight excluding hydrogens is 448 g/mol. The molecule has 0 aliphatic heterocycles. The van der Waals surface area contributed by atoms with E-state index < -0.39 is 22.3 Å². The first-order chi connectivity index (χ1) is 15.3. The molecule has 0 heterocycles. The highest BCUT2D eigenvalue weighted by Crippen LogP contribution is 2.37. The van der Waals surface area contributed by atoms with Gasteiger partial charge in [0.1, 0.15) is 0 Å². The SMILES string of the molecule is CC(C)(C)CC(C)(C)OC(C)(C)CC(C)(C)NC(=O)NC(C)(C)CC(C)(C)OC(C)(C)CC(C)(C)C. The summed E-state index contributed by atoms with van der Waals surface area (Å²) in [7, 11) is 0. The van der Waals surface area contributed by atoms with Gasteiger partial charge in [0.2, 0.25) is 0 Å². The van der Waals surface area contributed by atoms with Crippen LogP contribution in [0.15, 0.2) is 0 Å². The van der Waals surface area contributed by atoms with E-state index in [1.165, 1.54) is 0 Å². The van der Waals surface area contributed by atoms with Gasteiger partial charge in [-0.1, -0.05) is 41.5 Å². The fraction of sp³-hybridized carbons (Fsp3) is 0.968. The molecule has 0 aliphatic carbocycles. The number of amides is 2. The highest BCUT2D eigenvalue weighted by molar-refractivity contribution is 5.75. The highest BCUT2D eigenvalue weighted by Gasteiger charge is 2.39. The first-order valence-electron chi connectivity index (χ1n) is 13.8. The minimum absolute atomic E-state index is 0.167. The van der Waals surface area contributed by atoms with Gasteiger partial charge in [-0.3, -0.25) is 0 Å². The van der Waals surface area contributed by atoms with Gasteiger partial charge in [0.05, 0.1) is 22.4 Å². The van der Waals surface area contributed by atoms with E-state index in [9.17, 15) is 4.79 Å². The summed E-state index contributed by atoms with van der Waals surface area (Å²) in [6.07, 6.45) is 3.29. The van der Waals surface area contributed by atoms with Crippen molar-refractivity contribution in [1.82, 2.24) is 10.6 Å². The molecule has 2 N–H and O–H groups in total. The lowest BCUT2D eigenvalue weighted by Gasteiger charge is -2.44. The third-order valence-corrected chi connectivity index (χ3v) is 5.66. The molecule has 5 nitrogen and oxygen atoms in total. The summed E-state index contributed by atoms with van der Waals surface area (Å²) in [4.78, 5) is 13.1. The van der Waals surface area contributed by atoms with Crippen LogP contribution in [0.1, 0.15) is 150 Å². The van der Waals surface area contributed by atoms with Crippen molar-refractivity contribution < 1.29 is 14.3 Å². The van der Waals surface area contributed by atoms with Crippen LogP contribution in [0.25, 0.3) is 0 Å². The Morgan fingerprint density at radius 2 is 0.667 bits per heavy atom. The molecule has 36 heavy (non-hydrogen) atoms. The minimum atomic E-state index is -0.442. The van der Waals surface area contributed by atoms with Crippen molar-refractivity contribution >= 4 is 6.03 Å². The molecule has 0 aromatic carbocycles. The van der Waals surface area contributed by atoms with E-state index in [1.54, 1.807) is 0 Å². The predicted molar refractivity (Wildman–Crippen MR) is 156 cm³/mol. The highest BCUT2D eigenvalue weighted by atomic mass is 16.5. The Morgan fingerprint density at radius 3 is 0.889 bits per heavy atom. The number of hydrogen-bond donors (Lipinski definition) is 2. The summed E-state index contributed by atoms with van der Waals surface area (Å²) in [5.74, 6) is 0. The number of hydrogen-bond acceptors (Lipinski definition) is 3. The van der Waals surface area contributed by atoms with Crippen LogP contribution < -0.4 is 10.6 Å². The van der Waals surface area contributed by atoms with Gasteiger partial charge in [0, 0.05) is 11.1 Å². The third kappa shape index (κ3) is 16.8. The van der Waals surface area contributed by atoms with Crippen molar-refractivity contribution in [1.29, 1.82) is 0 Å². The summed E-state index contributed by atoms with van der Waals surface area (Å²) in [6.45, 7) is 38.7. The van der Waals surface area contributed by atoms with Crippen molar-refractivity contribution in [2.75, 3.05) is 0 Å². The summed E-state index contributed by atoms with van der Waals surface area (Å²) in [5.41, 5.74) is -1.82. The molecule has 0 aromatic heterocycles. The van der Waals surface area contributed by atoms with E-state index in [1.807, 2.05) is 0 Å². The molecule has 0 spiro atoms. The van der Waals surface area contributed by atoms with Gasteiger partial charge >= 0.3 is 6.03 Å². The molecule has 0 saturated heterocycles. The quantitative estimate of drug-likeness (QED) is 0.275. The Hall–Kier alpha value is -0.810. The number of nitrogens with one attached hydrogen (secondary N) is 2. The number of ether oxygens (including phenoxy) is 2. The van der Waals surface area contributed by atoms with E-state index in [-0.39, 0.29) is 28.1 Å². The maximum Gasteiger partial charge on any atom is 0.315 e. The van der Waals surface area contributed by atoms with Crippen molar-refractivity contribution in [2.45, 2.75) is 184 Å². The van der Waals surface area contributed by atoms with Crippen LogP contribution in [0.3, 0.4) is 0 Å². The first-order valence-corrected chi connectivity index (χ1v) is 13.8. The molecular formula is C31H64N2O3. The molecule has 0 atom stereocenters. The Kier molecular flexibility index (Phi) is 10.9. The Balaban J connectivity index is 5.16. The van der Waals surface area contributed by atoms with Crippen LogP contribution in [0.4, 0.5) is 4.79 Å². The normalized spacial score (nSPS) is 15.2. The summed E-state index contributed by atoms with van der Waals surface area (Å²) in [5, 5.41) is 6.39. The molecule has 0 radical (unpaired) electrons. The van der Waals surface area contributed by atoms with E-state index in [2.05, 4.69) is 135 Å². The average Bonchev–Trinajstić information content (AvgIpc) is 2.31. The lowest BCUT2D eigenvalue weighted by atomic mass is 9.82. The van der Waals surface area contributed by atoms with Gasteiger partial charge < -0.3 is 20.1 Å². The molecule has 2 amide bonds. The van der Waals surface area contributed by atoms with E-state index in [4.69, 9.17) is 9.47 Å². The second kappa shape index (κ2) is 11.1. The summed E-state index contributed by atoms with van der Waals surface area (Å²) in [6, 6.07) is -0.167. The third-order valence-electron chi connectivity index (χ3n) is 5.66. The van der Waals surface area contributed by atoms with Crippen LogP contribution in [0.5, 0.6) is 0 Å². The number of urea groups is 1. The fourth-order valence-electron chi connectivity index (χ4n) is 7.06. The summed E-state index contributed by atoms with van der Waals surface area (Å²) >= 11 is 0. The largest absolute Gasteiger partial charge is 0.370 e. The lowest BCUT2D eigenvalue weighted by Crippen LogP contribution is -2.58. The molecule has 5 heteroatoms. The maximum atomic E-state index is 13.1. The molecule has 0 saturated carbocycles. The lowest BCUT2D eigenvalue weighted by molar-refractivity contribution is -0.145. The van der Waals surface area contributed by atoms with Gasteiger partial charge in [0.25, 0.3) is 0 Å². The Labute approximate surface area is 225 Å². The molecule has 216 valence electrons. The number of carbonyl (C=O) groups excluding carboxylic acids is 1. The standard InChI is InChI=1S/C31H64N2O3/c1-24(2,3)19-28(11,12)35-30(15,16)21-26(7,8)32-23(34)33-27(9,10)22-31(17,18)36-29(13,14)20-25(4,5)6/h19-22H2,1-18H3,(H2,32,33,34). The van der Waals surface area contributed by atoms with Crippen LogP contribution >= 0.6 is 0 Å². The number of carbonyl (C=O) groups is 1. The Bertz CT molecular complexity index is 657. The van der Waals surface area contributed by atoms with Gasteiger partial charge in [-0.05, 0) is 120 Å². The zero-order valence-corrected chi connectivity index (χ0v) is 27.6. The monoisotopic (exact) mass is 512 g/mol. The average molecular weight is 513 g/mol. The van der Waals surface area contributed by atoms with Crippen molar-refractivity contribution in [3.8, 4) is 0 Å². The summed E-state index contributed by atoms with van der Waals surface area (Å²) < 4.78 is 13.2. The van der Waals surface area contributed by atoms with Gasteiger partial charge in [0.15, 0.2) is 0 Å². The van der Waals surface area contributed by atoms with Gasteiger partial charge in [-0.2, -0.15) is 0 Å². The smallest absolute Gasteiger partial charge is 0.315 e. The second-order valence-corrected chi connectivity index (χ2v) is 17.4. The van der Waals surface area contributed by atoms with Crippen LogP contribution in [-0.4, -0.2) is 39.5 Å². The van der Waals surface area contributed by atoms with E-state index in [0.717, 1.165) is 12.8 Å².